The molecule has 1 saturated heterocycles. The van der Waals surface area contributed by atoms with Crippen molar-refractivity contribution in [3.63, 3.8) is 0 Å². The molecule has 0 saturated carbocycles. The number of fused-ring (bicyclic) bond motifs is 1. The molecule has 3 heterocycles. The average Bonchev–Trinajstić information content (AvgIpc) is 2.76. The first-order valence-electron chi connectivity index (χ1n) is 10.6. The molecule has 1 aliphatic heterocycles. The highest BCUT2D eigenvalue weighted by Crippen LogP contribution is 2.24. The number of carbonyl (C=O) groups is 1. The van der Waals surface area contributed by atoms with E-state index in [0.29, 0.717) is 12.1 Å². The third-order valence-corrected chi connectivity index (χ3v) is 5.37. The van der Waals surface area contributed by atoms with Gasteiger partial charge in [0.25, 0.3) is 5.91 Å². The lowest BCUT2D eigenvalue weighted by atomic mass is 10.0. The summed E-state index contributed by atoms with van der Waals surface area (Å²) in [6.07, 6.45) is 4.90. The molecule has 2 unspecified atom stereocenters. The van der Waals surface area contributed by atoms with Gasteiger partial charge in [0.1, 0.15) is 0 Å². The van der Waals surface area contributed by atoms with Gasteiger partial charge in [0.15, 0.2) is 0 Å². The van der Waals surface area contributed by atoms with Crippen molar-refractivity contribution in [2.75, 3.05) is 26.2 Å². The number of nitrogens with one attached hydrogen (secondary N) is 1. The maximum atomic E-state index is 13.0. The lowest BCUT2D eigenvalue weighted by molar-refractivity contribution is -0.0679. The van der Waals surface area contributed by atoms with Gasteiger partial charge in [-0.2, -0.15) is 0 Å². The Balaban J connectivity index is 1.45. The molecule has 1 amide bonds. The zero-order valence-corrected chi connectivity index (χ0v) is 17.5. The molecule has 6 nitrogen and oxygen atoms in total. The fraction of sp³-hybridized carbons (Fsp3) is 0.375. The number of hydrogen-bond donors (Lipinski definition) is 1. The summed E-state index contributed by atoms with van der Waals surface area (Å²) in [6, 6.07) is 13.5. The standard InChI is InChI=1S/C24H28N4O2/c1-17-15-28(16-18(2)30-17)13-5-10-26-24(29)21-14-23(19-8-11-25-12-9-19)27-22-7-4-3-6-20(21)22/h3-4,6-9,11-12,14,17-18H,5,10,13,15-16H2,1-2H3,(H,26,29). The summed E-state index contributed by atoms with van der Waals surface area (Å²) in [5.41, 5.74) is 3.19. The smallest absolute Gasteiger partial charge is 0.252 e. The molecule has 0 bridgehead atoms. The molecular weight excluding hydrogens is 376 g/mol. The van der Waals surface area contributed by atoms with Crippen molar-refractivity contribution in [3.05, 3.63) is 60.4 Å². The molecule has 6 heteroatoms. The van der Waals surface area contributed by atoms with Crippen LogP contribution in [0.5, 0.6) is 0 Å². The Hall–Kier alpha value is -2.83. The van der Waals surface area contributed by atoms with Crippen LogP contribution in [0.1, 0.15) is 30.6 Å². The molecule has 156 valence electrons. The van der Waals surface area contributed by atoms with Crippen molar-refractivity contribution >= 4 is 16.8 Å². The van der Waals surface area contributed by atoms with Crippen LogP contribution < -0.4 is 5.32 Å². The number of para-hydroxylation sites is 1. The maximum absolute atomic E-state index is 13.0. The Morgan fingerprint density at radius 3 is 2.63 bits per heavy atom. The molecular formula is C24H28N4O2. The fourth-order valence-corrected chi connectivity index (χ4v) is 4.10. The molecule has 4 rings (SSSR count). The van der Waals surface area contributed by atoms with E-state index in [2.05, 4.69) is 29.0 Å². The molecule has 1 N–H and O–H groups in total. The van der Waals surface area contributed by atoms with E-state index in [4.69, 9.17) is 9.72 Å². The van der Waals surface area contributed by atoms with Gasteiger partial charge in [-0.05, 0) is 44.5 Å². The van der Waals surface area contributed by atoms with Gasteiger partial charge in [-0.15, -0.1) is 0 Å². The molecule has 30 heavy (non-hydrogen) atoms. The SMILES string of the molecule is CC1CN(CCCNC(=O)c2cc(-c3ccncc3)nc3ccccc23)CC(C)O1. The maximum Gasteiger partial charge on any atom is 0.252 e. The number of rotatable bonds is 6. The fourth-order valence-electron chi connectivity index (χ4n) is 4.10. The third kappa shape index (κ3) is 4.83. The summed E-state index contributed by atoms with van der Waals surface area (Å²) in [7, 11) is 0. The van der Waals surface area contributed by atoms with Gasteiger partial charge in [0.2, 0.25) is 0 Å². The van der Waals surface area contributed by atoms with Crippen LogP contribution >= 0.6 is 0 Å². The van der Waals surface area contributed by atoms with Gasteiger partial charge >= 0.3 is 0 Å². The zero-order valence-electron chi connectivity index (χ0n) is 17.5. The highest BCUT2D eigenvalue weighted by molar-refractivity contribution is 6.07. The lowest BCUT2D eigenvalue weighted by Gasteiger charge is -2.35. The van der Waals surface area contributed by atoms with Crippen LogP contribution in [0.25, 0.3) is 22.2 Å². The predicted molar refractivity (Wildman–Crippen MR) is 118 cm³/mol. The van der Waals surface area contributed by atoms with Crippen molar-refractivity contribution in [1.29, 1.82) is 0 Å². The minimum absolute atomic E-state index is 0.0624. The highest BCUT2D eigenvalue weighted by atomic mass is 16.5. The lowest BCUT2D eigenvalue weighted by Crippen LogP contribution is -2.46. The quantitative estimate of drug-likeness (QED) is 0.637. The van der Waals surface area contributed by atoms with Crippen molar-refractivity contribution in [1.82, 2.24) is 20.2 Å². The first-order valence-corrected chi connectivity index (χ1v) is 10.6. The van der Waals surface area contributed by atoms with E-state index in [1.807, 2.05) is 42.5 Å². The number of amides is 1. The molecule has 0 spiro atoms. The van der Waals surface area contributed by atoms with Crippen LogP contribution in [0, 0.1) is 0 Å². The molecule has 0 radical (unpaired) electrons. The van der Waals surface area contributed by atoms with Crippen LogP contribution in [0.3, 0.4) is 0 Å². The molecule has 1 aliphatic rings. The zero-order chi connectivity index (χ0) is 20.9. The summed E-state index contributed by atoms with van der Waals surface area (Å²) in [4.78, 5) is 24.2. The van der Waals surface area contributed by atoms with Crippen LogP contribution in [0.15, 0.2) is 54.9 Å². The first-order chi connectivity index (χ1) is 14.6. The predicted octanol–water partition coefficient (Wildman–Crippen LogP) is 3.53. The van der Waals surface area contributed by atoms with Crippen molar-refractivity contribution in [3.8, 4) is 11.3 Å². The average molecular weight is 405 g/mol. The Kier molecular flexibility index (Phi) is 6.35. The number of aromatic nitrogens is 2. The van der Waals surface area contributed by atoms with Crippen molar-refractivity contribution in [2.24, 2.45) is 0 Å². The Labute approximate surface area is 177 Å². The van der Waals surface area contributed by atoms with E-state index in [1.165, 1.54) is 0 Å². The first kappa shape index (κ1) is 20.4. The minimum atomic E-state index is -0.0624. The van der Waals surface area contributed by atoms with E-state index < -0.39 is 0 Å². The number of hydrogen-bond acceptors (Lipinski definition) is 5. The molecule has 0 aliphatic carbocycles. The van der Waals surface area contributed by atoms with Crippen LogP contribution in [-0.2, 0) is 4.74 Å². The van der Waals surface area contributed by atoms with E-state index in [1.54, 1.807) is 12.4 Å². The number of morpholine rings is 1. The Morgan fingerprint density at radius 1 is 1.13 bits per heavy atom. The van der Waals surface area contributed by atoms with E-state index in [-0.39, 0.29) is 18.1 Å². The molecule has 1 aromatic carbocycles. The molecule has 2 aromatic heterocycles. The van der Waals surface area contributed by atoms with Gasteiger partial charge < -0.3 is 10.1 Å². The van der Waals surface area contributed by atoms with Gasteiger partial charge in [0, 0.05) is 49.5 Å². The molecule has 1 fully saturated rings. The second-order valence-electron chi connectivity index (χ2n) is 7.93. The summed E-state index contributed by atoms with van der Waals surface area (Å²) in [5, 5.41) is 3.96. The Morgan fingerprint density at radius 2 is 1.87 bits per heavy atom. The summed E-state index contributed by atoms with van der Waals surface area (Å²) < 4.78 is 5.79. The number of carbonyl (C=O) groups excluding carboxylic acids is 1. The van der Waals surface area contributed by atoms with Gasteiger partial charge in [-0.3, -0.25) is 14.7 Å². The summed E-state index contributed by atoms with van der Waals surface area (Å²) >= 11 is 0. The second-order valence-corrected chi connectivity index (χ2v) is 7.93. The molecule has 3 aromatic rings. The van der Waals surface area contributed by atoms with Crippen molar-refractivity contribution in [2.45, 2.75) is 32.5 Å². The van der Waals surface area contributed by atoms with Gasteiger partial charge in [0.05, 0.1) is 29.0 Å². The number of nitrogens with zero attached hydrogens (tertiary/aromatic N) is 3. The van der Waals surface area contributed by atoms with E-state index >= 15 is 0 Å². The van der Waals surface area contributed by atoms with Gasteiger partial charge in [-0.1, -0.05) is 18.2 Å². The minimum Gasteiger partial charge on any atom is -0.373 e. The largest absolute Gasteiger partial charge is 0.373 e. The topological polar surface area (TPSA) is 67.4 Å². The van der Waals surface area contributed by atoms with Gasteiger partial charge in [-0.25, -0.2) is 4.98 Å². The monoisotopic (exact) mass is 404 g/mol. The number of ether oxygens (including phenoxy) is 1. The van der Waals surface area contributed by atoms with E-state index in [9.17, 15) is 4.79 Å². The van der Waals surface area contributed by atoms with E-state index in [0.717, 1.165) is 48.2 Å². The second kappa shape index (κ2) is 9.32. The number of pyridine rings is 2. The Bertz CT molecular complexity index is 999. The van der Waals surface area contributed by atoms with Crippen molar-refractivity contribution < 1.29 is 9.53 Å². The summed E-state index contributed by atoms with van der Waals surface area (Å²) in [5.74, 6) is -0.0624. The highest BCUT2D eigenvalue weighted by Gasteiger charge is 2.21. The third-order valence-electron chi connectivity index (χ3n) is 5.37. The molecule has 2 atom stereocenters. The number of benzene rings is 1. The normalized spacial score (nSPS) is 19.7. The van der Waals surface area contributed by atoms with Crippen LogP contribution in [-0.4, -0.2) is 59.2 Å². The summed E-state index contributed by atoms with van der Waals surface area (Å²) in [6.45, 7) is 7.71. The van der Waals surface area contributed by atoms with Crippen LogP contribution in [0.4, 0.5) is 0 Å². The van der Waals surface area contributed by atoms with Crippen LogP contribution in [0.2, 0.25) is 0 Å².